The predicted molar refractivity (Wildman–Crippen MR) is 101 cm³/mol. The van der Waals surface area contributed by atoms with Gasteiger partial charge in [0, 0.05) is 11.4 Å². The first-order valence-electron chi connectivity index (χ1n) is 8.28. The van der Waals surface area contributed by atoms with Crippen LogP contribution in [0.3, 0.4) is 0 Å². The van der Waals surface area contributed by atoms with E-state index in [1.165, 1.54) is 0 Å². The van der Waals surface area contributed by atoms with Gasteiger partial charge in [0.2, 0.25) is 0 Å². The van der Waals surface area contributed by atoms with Crippen LogP contribution in [-0.2, 0) is 16.0 Å². The Morgan fingerprint density at radius 1 is 0.852 bits per heavy atom. The van der Waals surface area contributed by atoms with E-state index in [1.54, 1.807) is 48.5 Å². The van der Waals surface area contributed by atoms with Crippen molar-refractivity contribution < 1.29 is 24.6 Å². The van der Waals surface area contributed by atoms with E-state index in [1.807, 2.05) is 6.07 Å². The Hall–Kier alpha value is -3.39. The highest BCUT2D eigenvalue weighted by molar-refractivity contribution is 5.99. The van der Waals surface area contributed by atoms with Crippen LogP contribution in [0.4, 0.5) is 16.2 Å². The molecule has 8 heteroatoms. The SMILES string of the molecule is N[C@H](C[C@H](Cc1ccc(NC(=O)Nc2ccccc2)cc1)C(=O)O)C(=O)O. The second-order valence-corrected chi connectivity index (χ2v) is 6.06. The molecular weight excluding hydrogens is 350 g/mol. The molecular formula is C19H21N3O5. The minimum absolute atomic E-state index is 0.146. The van der Waals surface area contributed by atoms with Crippen molar-refractivity contribution in [2.45, 2.75) is 18.9 Å². The maximum atomic E-state index is 11.9. The summed E-state index contributed by atoms with van der Waals surface area (Å²) in [5, 5.41) is 23.5. The van der Waals surface area contributed by atoms with Crippen LogP contribution in [0.25, 0.3) is 0 Å². The molecule has 8 nitrogen and oxygen atoms in total. The van der Waals surface area contributed by atoms with Crippen LogP contribution >= 0.6 is 0 Å². The zero-order valence-electron chi connectivity index (χ0n) is 14.5. The van der Waals surface area contributed by atoms with E-state index in [4.69, 9.17) is 10.8 Å². The molecule has 0 fully saturated rings. The van der Waals surface area contributed by atoms with Gasteiger partial charge in [-0.2, -0.15) is 0 Å². The lowest BCUT2D eigenvalue weighted by molar-refractivity contribution is -0.143. The number of para-hydroxylation sites is 1. The van der Waals surface area contributed by atoms with Crippen molar-refractivity contribution in [3.63, 3.8) is 0 Å². The first kappa shape index (κ1) is 19.9. The first-order chi connectivity index (χ1) is 12.8. The molecule has 0 aliphatic heterocycles. The van der Waals surface area contributed by atoms with Crippen molar-refractivity contribution in [3.8, 4) is 0 Å². The van der Waals surface area contributed by atoms with E-state index in [9.17, 15) is 19.5 Å². The molecule has 142 valence electrons. The summed E-state index contributed by atoms with van der Waals surface area (Å²) in [5.74, 6) is -3.24. The van der Waals surface area contributed by atoms with Gasteiger partial charge in [-0.25, -0.2) is 4.79 Å². The number of hydrogen-bond acceptors (Lipinski definition) is 4. The van der Waals surface area contributed by atoms with Gasteiger partial charge in [-0.05, 0) is 42.7 Å². The molecule has 0 spiro atoms. The minimum atomic E-state index is -1.23. The highest BCUT2D eigenvalue weighted by Crippen LogP contribution is 2.17. The van der Waals surface area contributed by atoms with Crippen LogP contribution in [-0.4, -0.2) is 34.2 Å². The molecule has 0 aromatic heterocycles. The van der Waals surface area contributed by atoms with Crippen molar-refractivity contribution in [1.29, 1.82) is 0 Å². The number of carboxylic acid groups (broad SMARTS) is 2. The molecule has 0 aliphatic rings. The Morgan fingerprint density at radius 3 is 1.93 bits per heavy atom. The van der Waals surface area contributed by atoms with Crippen molar-refractivity contribution in [2.75, 3.05) is 10.6 Å². The number of urea groups is 1. The summed E-state index contributed by atoms with van der Waals surface area (Å²) < 4.78 is 0. The average Bonchev–Trinajstić information content (AvgIpc) is 2.63. The van der Waals surface area contributed by atoms with Crippen LogP contribution in [0.2, 0.25) is 0 Å². The second kappa shape index (κ2) is 9.35. The number of nitrogens with one attached hydrogen (secondary N) is 2. The Balaban J connectivity index is 1.94. The lowest BCUT2D eigenvalue weighted by Crippen LogP contribution is -2.35. The highest BCUT2D eigenvalue weighted by Gasteiger charge is 2.24. The fourth-order valence-corrected chi connectivity index (χ4v) is 2.50. The maximum absolute atomic E-state index is 11.9. The van der Waals surface area contributed by atoms with E-state index in [0.29, 0.717) is 16.9 Å². The van der Waals surface area contributed by atoms with Gasteiger partial charge >= 0.3 is 18.0 Å². The molecule has 2 aromatic rings. The minimum Gasteiger partial charge on any atom is -0.481 e. The molecule has 0 bridgehead atoms. The maximum Gasteiger partial charge on any atom is 0.323 e. The van der Waals surface area contributed by atoms with Crippen LogP contribution in [0.1, 0.15) is 12.0 Å². The van der Waals surface area contributed by atoms with Crippen LogP contribution < -0.4 is 16.4 Å². The zero-order chi connectivity index (χ0) is 19.8. The summed E-state index contributed by atoms with van der Waals surface area (Å²) in [4.78, 5) is 34.1. The summed E-state index contributed by atoms with van der Waals surface area (Å²) in [6.07, 6.45) is -0.0169. The largest absolute Gasteiger partial charge is 0.481 e. The van der Waals surface area contributed by atoms with Crippen molar-refractivity contribution in [3.05, 3.63) is 60.2 Å². The summed E-state index contributed by atoms with van der Waals surface area (Å²) in [7, 11) is 0. The van der Waals surface area contributed by atoms with Gasteiger partial charge in [0.25, 0.3) is 0 Å². The molecule has 2 rings (SSSR count). The smallest absolute Gasteiger partial charge is 0.323 e. The lowest BCUT2D eigenvalue weighted by Gasteiger charge is -2.15. The third-order valence-electron chi connectivity index (χ3n) is 3.93. The van der Waals surface area contributed by atoms with Crippen LogP contribution in [0.15, 0.2) is 54.6 Å². The van der Waals surface area contributed by atoms with Gasteiger partial charge in [0.05, 0.1) is 5.92 Å². The number of benzene rings is 2. The lowest BCUT2D eigenvalue weighted by atomic mass is 9.93. The van der Waals surface area contributed by atoms with Gasteiger partial charge in [-0.3, -0.25) is 9.59 Å². The number of carboxylic acids is 2. The van der Waals surface area contributed by atoms with Crippen LogP contribution in [0, 0.1) is 5.92 Å². The first-order valence-corrected chi connectivity index (χ1v) is 8.28. The summed E-state index contributed by atoms with van der Waals surface area (Å²) >= 11 is 0. The van der Waals surface area contributed by atoms with E-state index < -0.39 is 29.9 Å². The number of carbonyl (C=O) groups is 3. The Labute approximate surface area is 156 Å². The van der Waals surface area contributed by atoms with Gasteiger partial charge < -0.3 is 26.6 Å². The van der Waals surface area contributed by atoms with Gasteiger partial charge in [-0.15, -0.1) is 0 Å². The fraction of sp³-hybridized carbons (Fsp3) is 0.211. The van der Waals surface area contributed by atoms with Crippen molar-refractivity contribution in [1.82, 2.24) is 0 Å². The van der Waals surface area contributed by atoms with E-state index in [2.05, 4.69) is 10.6 Å². The Bertz CT molecular complexity index is 793. The van der Waals surface area contributed by atoms with E-state index in [0.717, 1.165) is 0 Å². The fourth-order valence-electron chi connectivity index (χ4n) is 2.50. The number of amides is 2. The molecule has 27 heavy (non-hydrogen) atoms. The monoisotopic (exact) mass is 371 g/mol. The highest BCUT2D eigenvalue weighted by atomic mass is 16.4. The van der Waals surface area contributed by atoms with Gasteiger partial charge in [0.1, 0.15) is 6.04 Å². The summed E-state index contributed by atoms with van der Waals surface area (Å²) in [6, 6.07) is 14.0. The summed E-state index contributed by atoms with van der Waals surface area (Å²) in [5.41, 5.74) is 7.34. The molecule has 0 saturated carbocycles. The van der Waals surface area contributed by atoms with E-state index in [-0.39, 0.29) is 12.8 Å². The van der Waals surface area contributed by atoms with Gasteiger partial charge in [-0.1, -0.05) is 30.3 Å². The predicted octanol–water partition coefficient (Wildman–Crippen LogP) is 2.38. The van der Waals surface area contributed by atoms with E-state index >= 15 is 0 Å². The number of anilines is 2. The molecule has 0 radical (unpaired) electrons. The average molecular weight is 371 g/mol. The number of nitrogens with two attached hydrogens (primary N) is 1. The Kier molecular flexibility index (Phi) is 6.90. The normalized spacial score (nSPS) is 12.6. The molecule has 0 unspecified atom stereocenters. The molecule has 0 aliphatic carbocycles. The van der Waals surface area contributed by atoms with Crippen molar-refractivity contribution in [2.24, 2.45) is 11.7 Å². The molecule has 0 saturated heterocycles. The second-order valence-electron chi connectivity index (χ2n) is 6.06. The Morgan fingerprint density at radius 2 is 1.41 bits per heavy atom. The molecule has 6 N–H and O–H groups in total. The number of carbonyl (C=O) groups excluding carboxylic acids is 1. The molecule has 2 amide bonds. The quantitative estimate of drug-likeness (QED) is 0.482. The van der Waals surface area contributed by atoms with Crippen LogP contribution in [0.5, 0.6) is 0 Å². The van der Waals surface area contributed by atoms with Gasteiger partial charge in [0.15, 0.2) is 0 Å². The molecule has 0 heterocycles. The number of hydrogen-bond donors (Lipinski definition) is 5. The topological polar surface area (TPSA) is 142 Å². The molecule has 2 aromatic carbocycles. The standard InChI is InChI=1S/C19H21N3O5/c20-16(18(25)26)11-13(17(23)24)10-12-6-8-15(9-7-12)22-19(27)21-14-4-2-1-3-5-14/h1-9,13,16H,10-11,20H2,(H,23,24)(H,25,26)(H2,21,22,27)/t13-,16+/m0/s1. The number of aliphatic carboxylic acids is 2. The third-order valence-corrected chi connectivity index (χ3v) is 3.93. The molecule has 2 atom stereocenters. The third kappa shape index (κ3) is 6.44. The number of rotatable bonds is 8. The summed E-state index contributed by atoms with van der Waals surface area (Å²) in [6.45, 7) is 0. The van der Waals surface area contributed by atoms with Crippen molar-refractivity contribution >= 4 is 29.3 Å². The zero-order valence-corrected chi connectivity index (χ0v) is 14.5.